The third-order valence-electron chi connectivity index (χ3n) is 5.19. The molecule has 9 heteroatoms. The molecule has 2 heterocycles. The van der Waals surface area contributed by atoms with Gasteiger partial charge in [-0.15, -0.1) is 0 Å². The standard InChI is InChI=1S/C18H20F3N3O2S/c19-18(20,21)17-15-4-1-2-5-16(15)24(22-17)14-8-6-13(7-9-14)12-23-10-3-11-27(23,25)26/h6-9H,1-5,10-12H2. The molecular weight excluding hydrogens is 379 g/mol. The van der Waals surface area contributed by atoms with Crippen LogP contribution in [0, 0.1) is 0 Å². The highest BCUT2D eigenvalue weighted by molar-refractivity contribution is 7.89. The minimum Gasteiger partial charge on any atom is -0.237 e. The summed E-state index contributed by atoms with van der Waals surface area (Å²) in [7, 11) is -3.18. The van der Waals surface area contributed by atoms with Gasteiger partial charge in [-0.3, -0.25) is 0 Å². The minimum atomic E-state index is -4.46. The van der Waals surface area contributed by atoms with Crippen molar-refractivity contribution in [2.24, 2.45) is 0 Å². The average Bonchev–Trinajstić information content (AvgIpc) is 3.16. The average molecular weight is 399 g/mol. The van der Waals surface area contributed by atoms with Crippen molar-refractivity contribution in [1.82, 2.24) is 14.1 Å². The summed E-state index contributed by atoms with van der Waals surface area (Å²) in [5, 5.41) is 3.87. The molecule has 0 N–H and O–H groups in total. The second kappa shape index (κ2) is 6.63. The van der Waals surface area contributed by atoms with Crippen molar-refractivity contribution in [1.29, 1.82) is 0 Å². The first-order chi connectivity index (χ1) is 12.8. The SMILES string of the molecule is O=S1(=O)CCCN1Cc1ccc(-n2nc(C(F)(F)F)c3c2CCCC3)cc1. The molecule has 146 valence electrons. The summed E-state index contributed by atoms with van der Waals surface area (Å²) in [6.07, 6.45) is -1.27. The van der Waals surface area contributed by atoms with Crippen LogP contribution in [0.1, 0.15) is 41.8 Å². The number of aromatic nitrogens is 2. The smallest absolute Gasteiger partial charge is 0.237 e. The van der Waals surface area contributed by atoms with Crippen LogP contribution in [-0.4, -0.2) is 34.8 Å². The Balaban J connectivity index is 1.64. The van der Waals surface area contributed by atoms with E-state index in [1.54, 1.807) is 24.3 Å². The van der Waals surface area contributed by atoms with E-state index in [-0.39, 0.29) is 12.3 Å². The van der Waals surface area contributed by atoms with Crippen LogP contribution in [0.5, 0.6) is 0 Å². The lowest BCUT2D eigenvalue weighted by molar-refractivity contribution is -0.142. The van der Waals surface area contributed by atoms with Crippen molar-refractivity contribution < 1.29 is 21.6 Å². The van der Waals surface area contributed by atoms with Crippen LogP contribution in [0.3, 0.4) is 0 Å². The Morgan fingerprint density at radius 2 is 1.74 bits per heavy atom. The number of sulfonamides is 1. The van der Waals surface area contributed by atoms with Gasteiger partial charge in [-0.05, 0) is 49.8 Å². The van der Waals surface area contributed by atoms with Crippen LogP contribution in [0.15, 0.2) is 24.3 Å². The third-order valence-corrected chi connectivity index (χ3v) is 7.09. The van der Waals surface area contributed by atoms with Crippen LogP contribution in [0.2, 0.25) is 0 Å². The van der Waals surface area contributed by atoms with Crippen LogP contribution < -0.4 is 0 Å². The number of hydrogen-bond acceptors (Lipinski definition) is 3. The van der Waals surface area contributed by atoms with Crippen LogP contribution in [0.25, 0.3) is 5.69 Å². The Morgan fingerprint density at radius 1 is 1.04 bits per heavy atom. The fourth-order valence-corrected chi connectivity index (χ4v) is 5.36. The number of fused-ring (bicyclic) bond motifs is 1. The maximum absolute atomic E-state index is 13.3. The molecule has 0 amide bonds. The number of hydrogen-bond donors (Lipinski definition) is 0. The Hall–Kier alpha value is -1.87. The van der Waals surface area contributed by atoms with Crippen molar-refractivity contribution in [2.45, 2.75) is 44.8 Å². The molecule has 2 aromatic rings. The Kier molecular flexibility index (Phi) is 4.54. The summed E-state index contributed by atoms with van der Waals surface area (Å²) in [5.41, 5.74) is 1.52. The quantitative estimate of drug-likeness (QED) is 0.796. The van der Waals surface area contributed by atoms with E-state index in [0.29, 0.717) is 42.8 Å². The maximum Gasteiger partial charge on any atom is 0.435 e. The molecule has 0 atom stereocenters. The van der Waals surface area contributed by atoms with Crippen LogP contribution in [0.4, 0.5) is 13.2 Å². The van der Waals surface area contributed by atoms with E-state index in [2.05, 4.69) is 5.10 Å². The molecule has 0 radical (unpaired) electrons. The lowest BCUT2D eigenvalue weighted by atomic mass is 9.95. The van der Waals surface area contributed by atoms with E-state index >= 15 is 0 Å². The van der Waals surface area contributed by atoms with Gasteiger partial charge in [0.1, 0.15) is 0 Å². The van der Waals surface area contributed by atoms with E-state index in [0.717, 1.165) is 18.4 Å². The van der Waals surface area contributed by atoms with Gasteiger partial charge in [0.2, 0.25) is 10.0 Å². The Morgan fingerprint density at radius 3 is 2.37 bits per heavy atom. The summed E-state index contributed by atoms with van der Waals surface area (Å²) < 4.78 is 66.7. The zero-order valence-corrected chi connectivity index (χ0v) is 15.5. The zero-order chi connectivity index (χ0) is 19.2. The fourth-order valence-electron chi connectivity index (χ4n) is 3.86. The van der Waals surface area contributed by atoms with Gasteiger partial charge in [-0.1, -0.05) is 12.1 Å². The van der Waals surface area contributed by atoms with Gasteiger partial charge in [0, 0.05) is 24.3 Å². The lowest BCUT2D eigenvalue weighted by Gasteiger charge is -2.16. The largest absolute Gasteiger partial charge is 0.435 e. The molecule has 1 saturated heterocycles. The topological polar surface area (TPSA) is 55.2 Å². The molecule has 1 aromatic heterocycles. The Bertz CT molecular complexity index is 949. The molecule has 27 heavy (non-hydrogen) atoms. The van der Waals surface area contributed by atoms with Crippen molar-refractivity contribution in [3.8, 4) is 5.69 Å². The normalized spacial score (nSPS) is 20.0. The van der Waals surface area contributed by atoms with Gasteiger partial charge < -0.3 is 0 Å². The number of alkyl halides is 3. The van der Waals surface area contributed by atoms with Crippen LogP contribution in [-0.2, 0) is 35.6 Å². The van der Waals surface area contributed by atoms with E-state index in [9.17, 15) is 21.6 Å². The van der Waals surface area contributed by atoms with Gasteiger partial charge >= 0.3 is 6.18 Å². The van der Waals surface area contributed by atoms with Crippen molar-refractivity contribution in [2.75, 3.05) is 12.3 Å². The summed E-state index contributed by atoms with van der Waals surface area (Å²) in [6, 6.07) is 6.93. The summed E-state index contributed by atoms with van der Waals surface area (Å²) in [5.74, 6) is 0.171. The summed E-state index contributed by atoms with van der Waals surface area (Å²) in [4.78, 5) is 0. The molecule has 0 spiro atoms. The highest BCUT2D eigenvalue weighted by Gasteiger charge is 2.39. The second-order valence-electron chi connectivity index (χ2n) is 7.06. The van der Waals surface area contributed by atoms with E-state index in [1.807, 2.05) is 0 Å². The third kappa shape index (κ3) is 3.50. The Labute approximate surface area is 155 Å². The van der Waals surface area contributed by atoms with Gasteiger partial charge in [0.15, 0.2) is 5.69 Å². The van der Waals surface area contributed by atoms with E-state index in [4.69, 9.17) is 0 Å². The molecule has 0 bridgehead atoms. The molecule has 1 aliphatic heterocycles. The van der Waals surface area contributed by atoms with Gasteiger partial charge in [-0.25, -0.2) is 13.1 Å². The van der Waals surface area contributed by atoms with E-state index < -0.39 is 21.9 Å². The predicted octanol–water partition coefficient (Wildman–Crippen LogP) is 3.31. The zero-order valence-electron chi connectivity index (χ0n) is 14.7. The van der Waals surface area contributed by atoms with Crippen molar-refractivity contribution >= 4 is 10.0 Å². The minimum absolute atomic E-state index is 0.171. The number of halogens is 3. The molecule has 0 unspecified atom stereocenters. The first kappa shape index (κ1) is 18.5. The molecule has 2 aliphatic rings. The molecule has 1 fully saturated rings. The summed E-state index contributed by atoms with van der Waals surface area (Å²) in [6.45, 7) is 0.791. The predicted molar refractivity (Wildman–Crippen MR) is 94.0 cm³/mol. The first-order valence-corrected chi connectivity index (χ1v) is 10.6. The van der Waals surface area contributed by atoms with Crippen LogP contribution >= 0.6 is 0 Å². The van der Waals surface area contributed by atoms with E-state index in [1.165, 1.54) is 8.99 Å². The first-order valence-electron chi connectivity index (χ1n) is 9.01. The van der Waals surface area contributed by atoms with Crippen molar-refractivity contribution in [3.05, 3.63) is 46.8 Å². The highest BCUT2D eigenvalue weighted by atomic mass is 32.2. The monoisotopic (exact) mass is 399 g/mol. The van der Waals surface area contributed by atoms with Crippen molar-refractivity contribution in [3.63, 3.8) is 0 Å². The molecule has 0 saturated carbocycles. The van der Waals surface area contributed by atoms with Gasteiger partial charge in [0.05, 0.1) is 11.4 Å². The lowest BCUT2D eigenvalue weighted by Crippen LogP contribution is -2.25. The highest BCUT2D eigenvalue weighted by Crippen LogP contribution is 2.36. The number of nitrogens with zero attached hydrogens (tertiary/aromatic N) is 3. The molecule has 1 aromatic carbocycles. The number of rotatable bonds is 3. The molecule has 1 aliphatic carbocycles. The fraction of sp³-hybridized carbons (Fsp3) is 0.500. The molecule has 5 nitrogen and oxygen atoms in total. The number of benzene rings is 1. The molecular formula is C18H20F3N3O2S. The van der Waals surface area contributed by atoms with Gasteiger partial charge in [-0.2, -0.15) is 22.6 Å². The van der Waals surface area contributed by atoms with Gasteiger partial charge in [0.25, 0.3) is 0 Å². The maximum atomic E-state index is 13.3. The molecule has 4 rings (SSSR count). The second-order valence-corrected chi connectivity index (χ2v) is 9.15. The summed E-state index contributed by atoms with van der Waals surface area (Å²) >= 11 is 0.